The fraction of sp³-hybridized carbons (Fsp3) is 0.250. The SMILES string of the molecule is Cc1ccccc1CN1CCOc2ccc(Br)cc21. The monoisotopic (exact) mass is 317 g/mol. The Morgan fingerprint density at radius 3 is 2.89 bits per heavy atom. The topological polar surface area (TPSA) is 12.5 Å². The van der Waals surface area contributed by atoms with E-state index in [0.29, 0.717) is 0 Å². The second kappa shape index (κ2) is 5.25. The fourth-order valence-corrected chi connectivity index (χ4v) is 2.75. The van der Waals surface area contributed by atoms with Crippen LogP contribution in [0.15, 0.2) is 46.9 Å². The van der Waals surface area contributed by atoms with Gasteiger partial charge in [0.05, 0.1) is 12.2 Å². The van der Waals surface area contributed by atoms with Crippen LogP contribution in [0.3, 0.4) is 0 Å². The summed E-state index contributed by atoms with van der Waals surface area (Å²) in [5.74, 6) is 0.975. The van der Waals surface area contributed by atoms with E-state index in [9.17, 15) is 0 Å². The number of benzene rings is 2. The van der Waals surface area contributed by atoms with Crippen molar-refractivity contribution in [1.82, 2.24) is 0 Å². The number of hydrogen-bond acceptors (Lipinski definition) is 2. The van der Waals surface area contributed by atoms with Crippen molar-refractivity contribution in [2.45, 2.75) is 13.5 Å². The predicted octanol–water partition coefficient (Wildman–Crippen LogP) is 4.16. The summed E-state index contributed by atoms with van der Waals surface area (Å²) >= 11 is 3.54. The van der Waals surface area contributed by atoms with Gasteiger partial charge >= 0.3 is 0 Å². The molecule has 0 saturated heterocycles. The Labute approximate surface area is 122 Å². The van der Waals surface area contributed by atoms with Gasteiger partial charge in [-0.3, -0.25) is 0 Å². The lowest BCUT2D eigenvalue weighted by molar-refractivity contribution is 0.307. The summed E-state index contributed by atoms with van der Waals surface area (Å²) in [6.07, 6.45) is 0. The normalized spacial score (nSPS) is 13.9. The Bertz CT molecular complexity index is 597. The number of rotatable bonds is 2. The minimum Gasteiger partial charge on any atom is -0.490 e. The molecule has 1 heterocycles. The second-order valence-corrected chi connectivity index (χ2v) is 5.72. The molecule has 19 heavy (non-hydrogen) atoms. The quantitative estimate of drug-likeness (QED) is 0.824. The third-order valence-electron chi connectivity index (χ3n) is 3.50. The average Bonchev–Trinajstić information content (AvgIpc) is 2.42. The molecule has 0 spiro atoms. The number of hydrogen-bond donors (Lipinski definition) is 0. The van der Waals surface area contributed by atoms with E-state index >= 15 is 0 Å². The zero-order valence-electron chi connectivity index (χ0n) is 10.9. The highest BCUT2D eigenvalue weighted by Crippen LogP contribution is 2.35. The van der Waals surface area contributed by atoms with Crippen LogP contribution >= 0.6 is 15.9 Å². The van der Waals surface area contributed by atoms with Crippen LogP contribution in [-0.2, 0) is 6.54 Å². The molecule has 0 radical (unpaired) electrons. The van der Waals surface area contributed by atoms with E-state index in [-0.39, 0.29) is 0 Å². The Kier molecular flexibility index (Phi) is 3.47. The van der Waals surface area contributed by atoms with Gasteiger partial charge in [-0.15, -0.1) is 0 Å². The van der Waals surface area contributed by atoms with E-state index in [4.69, 9.17) is 4.74 Å². The molecule has 0 fully saturated rings. The van der Waals surface area contributed by atoms with Crippen LogP contribution in [0.5, 0.6) is 5.75 Å². The first-order chi connectivity index (χ1) is 9.24. The van der Waals surface area contributed by atoms with E-state index in [1.165, 1.54) is 16.8 Å². The summed E-state index contributed by atoms with van der Waals surface area (Å²) in [5.41, 5.74) is 3.88. The number of anilines is 1. The molecule has 98 valence electrons. The zero-order chi connectivity index (χ0) is 13.2. The minimum absolute atomic E-state index is 0.751. The first-order valence-electron chi connectivity index (χ1n) is 6.46. The zero-order valence-corrected chi connectivity index (χ0v) is 12.5. The van der Waals surface area contributed by atoms with Crippen LogP contribution in [0.4, 0.5) is 5.69 Å². The van der Waals surface area contributed by atoms with Gasteiger partial charge in [-0.1, -0.05) is 40.2 Å². The molecule has 3 rings (SSSR count). The lowest BCUT2D eigenvalue weighted by Crippen LogP contribution is -2.32. The third-order valence-corrected chi connectivity index (χ3v) is 4.00. The van der Waals surface area contributed by atoms with Gasteiger partial charge in [-0.25, -0.2) is 0 Å². The number of ether oxygens (including phenoxy) is 1. The van der Waals surface area contributed by atoms with Crippen molar-refractivity contribution in [3.05, 3.63) is 58.1 Å². The molecular formula is C16H16BrNO. The summed E-state index contributed by atoms with van der Waals surface area (Å²) in [5, 5.41) is 0. The molecule has 3 heteroatoms. The standard InChI is InChI=1S/C16H16BrNO/c1-12-4-2-3-5-13(12)11-18-8-9-19-16-7-6-14(17)10-15(16)18/h2-7,10H,8-9,11H2,1H3. The third kappa shape index (κ3) is 2.61. The second-order valence-electron chi connectivity index (χ2n) is 4.81. The summed E-state index contributed by atoms with van der Waals surface area (Å²) in [4.78, 5) is 2.38. The molecule has 0 aliphatic carbocycles. The van der Waals surface area contributed by atoms with Gasteiger partial charge in [-0.2, -0.15) is 0 Å². The van der Waals surface area contributed by atoms with Crippen molar-refractivity contribution in [1.29, 1.82) is 0 Å². The Morgan fingerprint density at radius 1 is 1.21 bits per heavy atom. The van der Waals surface area contributed by atoms with Gasteiger partial charge in [0, 0.05) is 11.0 Å². The first kappa shape index (κ1) is 12.5. The van der Waals surface area contributed by atoms with Gasteiger partial charge < -0.3 is 9.64 Å². The molecule has 2 aromatic carbocycles. The maximum absolute atomic E-state index is 5.71. The number of fused-ring (bicyclic) bond motifs is 1. The highest BCUT2D eigenvalue weighted by atomic mass is 79.9. The van der Waals surface area contributed by atoms with Crippen molar-refractivity contribution in [2.75, 3.05) is 18.1 Å². The average molecular weight is 318 g/mol. The van der Waals surface area contributed by atoms with Gasteiger partial charge in [-0.05, 0) is 36.2 Å². The molecule has 2 nitrogen and oxygen atoms in total. The number of aryl methyl sites for hydroxylation is 1. The summed E-state index contributed by atoms with van der Waals surface area (Å²) in [6.45, 7) is 4.77. The van der Waals surface area contributed by atoms with Gasteiger partial charge in [0.25, 0.3) is 0 Å². The van der Waals surface area contributed by atoms with E-state index in [1.807, 2.05) is 12.1 Å². The van der Waals surface area contributed by atoms with Crippen LogP contribution in [0.1, 0.15) is 11.1 Å². The minimum atomic E-state index is 0.751. The molecule has 0 atom stereocenters. The van der Waals surface area contributed by atoms with Crippen molar-refractivity contribution in [3.8, 4) is 5.75 Å². The molecule has 2 aromatic rings. The molecule has 0 bridgehead atoms. The van der Waals surface area contributed by atoms with E-state index in [2.05, 4.69) is 58.1 Å². The van der Waals surface area contributed by atoms with Crippen LogP contribution in [0.25, 0.3) is 0 Å². The Morgan fingerprint density at radius 2 is 2.05 bits per heavy atom. The number of halogens is 1. The summed E-state index contributed by atoms with van der Waals surface area (Å²) in [6, 6.07) is 14.7. The van der Waals surface area contributed by atoms with Gasteiger partial charge in [0.15, 0.2) is 0 Å². The molecular weight excluding hydrogens is 302 g/mol. The summed E-state index contributed by atoms with van der Waals surface area (Å²) in [7, 11) is 0. The van der Waals surface area contributed by atoms with E-state index in [1.54, 1.807) is 0 Å². The van der Waals surface area contributed by atoms with Crippen LogP contribution in [0, 0.1) is 6.92 Å². The van der Waals surface area contributed by atoms with Gasteiger partial charge in [0.2, 0.25) is 0 Å². The van der Waals surface area contributed by atoms with Crippen LogP contribution < -0.4 is 9.64 Å². The predicted molar refractivity (Wildman–Crippen MR) is 81.9 cm³/mol. The lowest BCUT2D eigenvalue weighted by Gasteiger charge is -2.31. The molecule has 0 unspecified atom stereocenters. The van der Waals surface area contributed by atoms with Crippen molar-refractivity contribution in [3.63, 3.8) is 0 Å². The van der Waals surface area contributed by atoms with E-state index < -0.39 is 0 Å². The highest BCUT2D eigenvalue weighted by Gasteiger charge is 2.18. The maximum Gasteiger partial charge on any atom is 0.142 e. The van der Waals surface area contributed by atoms with Crippen LogP contribution in [0.2, 0.25) is 0 Å². The molecule has 0 saturated carbocycles. The summed E-state index contributed by atoms with van der Waals surface area (Å²) < 4.78 is 6.80. The molecule has 0 N–H and O–H groups in total. The van der Waals surface area contributed by atoms with Gasteiger partial charge in [0.1, 0.15) is 12.4 Å². The Balaban J connectivity index is 1.92. The highest BCUT2D eigenvalue weighted by molar-refractivity contribution is 9.10. The van der Waals surface area contributed by atoms with Crippen LogP contribution in [-0.4, -0.2) is 13.2 Å². The first-order valence-corrected chi connectivity index (χ1v) is 7.25. The van der Waals surface area contributed by atoms with E-state index in [0.717, 1.165) is 29.9 Å². The van der Waals surface area contributed by atoms with Crippen molar-refractivity contribution >= 4 is 21.6 Å². The lowest BCUT2D eigenvalue weighted by atomic mass is 10.1. The largest absolute Gasteiger partial charge is 0.490 e. The molecule has 0 aromatic heterocycles. The molecule has 0 amide bonds. The smallest absolute Gasteiger partial charge is 0.142 e. The molecule has 1 aliphatic heterocycles. The molecule has 1 aliphatic rings. The Hall–Kier alpha value is -1.48. The number of nitrogens with zero attached hydrogens (tertiary/aromatic N) is 1. The van der Waals surface area contributed by atoms with Crippen molar-refractivity contribution < 1.29 is 4.74 Å². The van der Waals surface area contributed by atoms with Crippen molar-refractivity contribution in [2.24, 2.45) is 0 Å². The maximum atomic E-state index is 5.71. The fourth-order valence-electron chi connectivity index (χ4n) is 2.40.